The molecule has 4 rings (SSSR count). The number of hydrogen-bond donors (Lipinski definition) is 1. The van der Waals surface area contributed by atoms with Crippen molar-refractivity contribution in [3.8, 4) is 11.5 Å². The van der Waals surface area contributed by atoms with Crippen LogP contribution in [0.4, 0.5) is 5.13 Å². The number of hydrogen-bond acceptors (Lipinski definition) is 9. The van der Waals surface area contributed by atoms with E-state index in [1.54, 1.807) is 49.8 Å². The predicted molar refractivity (Wildman–Crippen MR) is 131 cm³/mol. The zero-order valence-electron chi connectivity index (χ0n) is 19.5. The van der Waals surface area contributed by atoms with Crippen LogP contribution in [0.15, 0.2) is 36.4 Å². The third-order valence-electron chi connectivity index (χ3n) is 5.82. The molecule has 0 saturated carbocycles. The Balaban J connectivity index is 1.27. The lowest BCUT2D eigenvalue weighted by atomic mass is 10.1. The number of ether oxygens (including phenoxy) is 3. The first-order valence-corrected chi connectivity index (χ1v) is 11.8. The van der Waals surface area contributed by atoms with Crippen LogP contribution in [0, 0.1) is 0 Å². The van der Waals surface area contributed by atoms with E-state index in [4.69, 9.17) is 14.5 Å². The molecule has 0 bridgehead atoms. The van der Waals surface area contributed by atoms with Crippen molar-refractivity contribution in [2.24, 2.45) is 0 Å². The van der Waals surface area contributed by atoms with Gasteiger partial charge in [0.25, 0.3) is 5.91 Å². The van der Waals surface area contributed by atoms with Crippen LogP contribution in [0.5, 0.6) is 11.5 Å². The molecule has 2 heterocycles. The molecule has 9 nitrogen and oxygen atoms in total. The van der Waals surface area contributed by atoms with E-state index in [0.717, 1.165) is 48.1 Å². The fourth-order valence-corrected chi connectivity index (χ4v) is 4.92. The summed E-state index contributed by atoms with van der Waals surface area (Å²) in [4.78, 5) is 33.3. The highest BCUT2D eigenvalue weighted by Crippen LogP contribution is 2.40. The molecule has 180 valence electrons. The smallest absolute Gasteiger partial charge is 0.337 e. The standard InChI is InChI=1S/C24H28N4O5S/c1-31-18-8-9-19-20(21(18)32-2)26-24(34-19)28-14-12-27(13-15-28)11-10-25-22(29)16-4-6-17(7-5-16)23(30)33-3/h4-9H,10-15H2,1-3H3,(H,25,29). The van der Waals surface area contributed by atoms with Gasteiger partial charge in [-0.25, -0.2) is 9.78 Å². The van der Waals surface area contributed by atoms with Crippen molar-refractivity contribution >= 4 is 38.6 Å². The Kier molecular flexibility index (Phi) is 7.49. The molecule has 1 N–H and O–H groups in total. The molecular formula is C24H28N4O5S. The van der Waals surface area contributed by atoms with Crippen molar-refractivity contribution in [2.45, 2.75) is 0 Å². The van der Waals surface area contributed by atoms with Gasteiger partial charge in [0.05, 0.1) is 31.6 Å². The van der Waals surface area contributed by atoms with Gasteiger partial charge in [0.2, 0.25) is 0 Å². The second kappa shape index (κ2) is 10.7. The van der Waals surface area contributed by atoms with E-state index in [1.165, 1.54) is 7.11 Å². The normalized spacial score (nSPS) is 14.1. The van der Waals surface area contributed by atoms with Crippen LogP contribution in [0.2, 0.25) is 0 Å². The minimum atomic E-state index is -0.421. The fraction of sp³-hybridized carbons (Fsp3) is 0.375. The quantitative estimate of drug-likeness (QED) is 0.488. The molecule has 1 aromatic heterocycles. The Hall–Kier alpha value is -3.37. The first-order chi connectivity index (χ1) is 16.5. The molecule has 0 aliphatic carbocycles. The first-order valence-electron chi connectivity index (χ1n) is 11.0. The number of methoxy groups -OCH3 is 3. The minimum Gasteiger partial charge on any atom is -0.493 e. The van der Waals surface area contributed by atoms with E-state index in [9.17, 15) is 9.59 Å². The average Bonchev–Trinajstić information content (AvgIpc) is 3.32. The molecule has 1 aliphatic rings. The van der Waals surface area contributed by atoms with Gasteiger partial charge in [-0.15, -0.1) is 0 Å². The summed E-state index contributed by atoms with van der Waals surface area (Å²) in [5.41, 5.74) is 1.76. The molecule has 0 atom stereocenters. The molecule has 0 unspecified atom stereocenters. The summed E-state index contributed by atoms with van der Waals surface area (Å²) in [6.45, 7) is 4.82. The summed E-state index contributed by atoms with van der Waals surface area (Å²) in [5.74, 6) is 0.764. The molecule has 1 amide bonds. The average molecular weight is 485 g/mol. The Morgan fingerprint density at radius 1 is 0.971 bits per heavy atom. The second-order valence-electron chi connectivity index (χ2n) is 7.80. The van der Waals surface area contributed by atoms with Crippen molar-refractivity contribution in [2.75, 3.05) is 65.5 Å². The van der Waals surface area contributed by atoms with Crippen molar-refractivity contribution < 1.29 is 23.8 Å². The number of thiazole rings is 1. The monoisotopic (exact) mass is 484 g/mol. The largest absolute Gasteiger partial charge is 0.493 e. The molecule has 10 heteroatoms. The molecule has 0 radical (unpaired) electrons. The Morgan fingerprint density at radius 3 is 2.32 bits per heavy atom. The van der Waals surface area contributed by atoms with Crippen molar-refractivity contribution in [3.05, 3.63) is 47.5 Å². The lowest BCUT2D eigenvalue weighted by Crippen LogP contribution is -2.48. The van der Waals surface area contributed by atoms with Crippen LogP contribution >= 0.6 is 11.3 Å². The summed E-state index contributed by atoms with van der Waals surface area (Å²) in [7, 11) is 4.58. The van der Waals surface area contributed by atoms with Gasteiger partial charge in [-0.1, -0.05) is 11.3 Å². The van der Waals surface area contributed by atoms with Gasteiger partial charge >= 0.3 is 5.97 Å². The Bertz CT molecular complexity index is 1160. The first kappa shape index (κ1) is 23.8. The zero-order valence-corrected chi connectivity index (χ0v) is 20.3. The molecule has 2 aromatic carbocycles. The zero-order chi connectivity index (χ0) is 24.1. The number of benzene rings is 2. The van der Waals surface area contributed by atoms with Gasteiger partial charge in [-0.2, -0.15) is 0 Å². The van der Waals surface area contributed by atoms with Gasteiger partial charge in [0, 0.05) is 44.8 Å². The van der Waals surface area contributed by atoms with Gasteiger partial charge in [-0.05, 0) is 36.4 Å². The summed E-state index contributed by atoms with van der Waals surface area (Å²) in [6, 6.07) is 10.4. The summed E-state index contributed by atoms with van der Waals surface area (Å²) in [6.07, 6.45) is 0. The van der Waals surface area contributed by atoms with Crippen molar-refractivity contribution in [3.63, 3.8) is 0 Å². The van der Waals surface area contributed by atoms with Crippen LogP contribution in [-0.4, -0.2) is 82.4 Å². The number of rotatable bonds is 8. The highest BCUT2D eigenvalue weighted by Gasteiger charge is 2.22. The number of aromatic nitrogens is 1. The third kappa shape index (κ3) is 5.07. The van der Waals surface area contributed by atoms with E-state index in [0.29, 0.717) is 29.2 Å². The number of anilines is 1. The number of amides is 1. The van der Waals surface area contributed by atoms with Crippen LogP contribution in [0.1, 0.15) is 20.7 Å². The highest BCUT2D eigenvalue weighted by atomic mass is 32.1. The number of carbonyl (C=O) groups excluding carboxylic acids is 2. The number of esters is 1. The molecule has 34 heavy (non-hydrogen) atoms. The van der Waals surface area contributed by atoms with Crippen molar-refractivity contribution in [1.29, 1.82) is 0 Å². The van der Waals surface area contributed by atoms with Crippen molar-refractivity contribution in [1.82, 2.24) is 15.2 Å². The fourth-order valence-electron chi connectivity index (χ4n) is 3.90. The van der Waals surface area contributed by atoms with E-state index in [-0.39, 0.29) is 5.91 Å². The number of fused-ring (bicyclic) bond motifs is 1. The topological polar surface area (TPSA) is 93.2 Å². The summed E-state index contributed by atoms with van der Waals surface area (Å²) >= 11 is 1.65. The maximum atomic E-state index is 12.4. The maximum absolute atomic E-state index is 12.4. The van der Waals surface area contributed by atoms with Crippen LogP contribution in [0.3, 0.4) is 0 Å². The lowest BCUT2D eigenvalue weighted by Gasteiger charge is -2.34. The number of carbonyl (C=O) groups is 2. The van der Waals surface area contributed by atoms with E-state index < -0.39 is 5.97 Å². The lowest BCUT2D eigenvalue weighted by molar-refractivity contribution is 0.0600. The van der Waals surface area contributed by atoms with E-state index in [1.807, 2.05) is 12.1 Å². The number of nitrogens with one attached hydrogen (secondary N) is 1. The van der Waals surface area contributed by atoms with Crippen LogP contribution < -0.4 is 19.7 Å². The molecular weight excluding hydrogens is 456 g/mol. The Morgan fingerprint density at radius 2 is 1.68 bits per heavy atom. The summed E-state index contributed by atoms with van der Waals surface area (Å²) in [5, 5.41) is 3.92. The summed E-state index contributed by atoms with van der Waals surface area (Å²) < 4.78 is 16.7. The highest BCUT2D eigenvalue weighted by molar-refractivity contribution is 7.22. The van der Waals surface area contributed by atoms with Crippen LogP contribution in [-0.2, 0) is 4.74 Å². The van der Waals surface area contributed by atoms with E-state index >= 15 is 0 Å². The molecule has 0 spiro atoms. The number of piperazine rings is 1. The third-order valence-corrected chi connectivity index (χ3v) is 6.90. The van der Waals surface area contributed by atoms with Crippen LogP contribution in [0.25, 0.3) is 10.2 Å². The van der Waals surface area contributed by atoms with Gasteiger partial charge in [-0.3, -0.25) is 9.69 Å². The molecule has 1 saturated heterocycles. The maximum Gasteiger partial charge on any atom is 0.337 e. The molecule has 1 fully saturated rings. The van der Waals surface area contributed by atoms with Gasteiger partial charge < -0.3 is 24.4 Å². The Labute approximate surface area is 202 Å². The van der Waals surface area contributed by atoms with E-state index in [2.05, 4.69) is 19.9 Å². The molecule has 3 aromatic rings. The SMILES string of the molecule is COC(=O)c1ccc(C(=O)NCCN2CCN(c3nc4c(OC)c(OC)ccc4s3)CC2)cc1. The number of nitrogens with zero attached hydrogens (tertiary/aromatic N) is 3. The predicted octanol–water partition coefficient (Wildman–Crippen LogP) is 2.65. The minimum absolute atomic E-state index is 0.158. The second-order valence-corrected chi connectivity index (χ2v) is 8.81. The molecule has 1 aliphatic heterocycles. The van der Waals surface area contributed by atoms with Gasteiger partial charge in [0.15, 0.2) is 16.6 Å². The van der Waals surface area contributed by atoms with Gasteiger partial charge in [0.1, 0.15) is 5.52 Å².